The molecule has 0 aliphatic rings. The van der Waals surface area contributed by atoms with Crippen LogP contribution in [0.25, 0.3) is 0 Å². The number of hydrogen-bond donors (Lipinski definition) is 0. The molecule has 2 radical (unpaired) electrons. The third kappa shape index (κ3) is 54.2. The Morgan fingerprint density at radius 1 is 1.15 bits per heavy atom. The van der Waals surface area contributed by atoms with Gasteiger partial charge >= 0.3 is 21.1 Å². The molecule has 78 valence electrons. The molecule has 0 heterocycles. The maximum Gasteiger partial charge on any atom is 2.00 e. The first-order valence-corrected chi connectivity index (χ1v) is 3.38. The van der Waals surface area contributed by atoms with E-state index >= 15 is 0 Å². The van der Waals surface area contributed by atoms with Crippen molar-refractivity contribution in [2.24, 2.45) is 5.92 Å². The third-order valence-corrected chi connectivity index (χ3v) is 0.816. The first-order valence-electron chi connectivity index (χ1n) is 3.38. The van der Waals surface area contributed by atoms with Crippen molar-refractivity contribution in [1.82, 2.24) is 0 Å². The molecule has 0 aromatic carbocycles. The summed E-state index contributed by atoms with van der Waals surface area (Å²) in [5.74, 6) is 0.463. The predicted molar refractivity (Wildman–Crippen MR) is 50.9 cm³/mol. The molecule has 0 unspecified atom stereocenters. The van der Waals surface area contributed by atoms with E-state index in [1.807, 2.05) is 20.3 Å². The smallest absolute Gasteiger partial charge is 0.358 e. The summed E-state index contributed by atoms with van der Waals surface area (Å²) in [6.45, 7) is 15.1. The van der Waals surface area contributed by atoms with Gasteiger partial charge in [-0.05, 0) is 0 Å². The number of rotatable bonds is 2. The Bertz CT molecular complexity index is 41.9. The summed E-state index contributed by atoms with van der Waals surface area (Å²) >= 11 is 0. The first kappa shape index (κ1) is 36.1. The zero-order valence-corrected chi connectivity index (χ0v) is 16.3. The molecule has 0 N–H and O–H groups in total. The second-order valence-electron chi connectivity index (χ2n) is 2.02. The largest absolute Gasteiger partial charge is 2.00 e. The summed E-state index contributed by atoms with van der Waals surface area (Å²) in [5, 5.41) is 0. The van der Waals surface area contributed by atoms with Gasteiger partial charge in [0.25, 0.3) is 0 Å². The van der Waals surface area contributed by atoms with Gasteiger partial charge in [-0.15, -0.1) is 0 Å². The van der Waals surface area contributed by atoms with Gasteiger partial charge in [-0.1, -0.05) is 0 Å². The van der Waals surface area contributed by atoms with Crippen LogP contribution in [0.1, 0.15) is 26.7 Å². The monoisotopic (exact) mass is 465 g/mol. The molecular formula is C10H21VWY-3. The van der Waals surface area contributed by atoms with Crippen molar-refractivity contribution < 1.29 is 72.3 Å². The molecule has 0 nitrogen and oxygen atoms in total. The Hall–Kier alpha value is 2.38. The van der Waals surface area contributed by atoms with E-state index in [-0.39, 0.29) is 79.8 Å². The third-order valence-electron chi connectivity index (χ3n) is 0.816. The standard InChI is InChI=1S/C6H11.C3H7.CH3.V.W.Y/c1-4-6(3)5-2;1-3-2;;;;/h6H,1-5H2;3H,1-2H3;1H3;;;/q-3;2*-1;;+2;. The van der Waals surface area contributed by atoms with E-state index in [0.29, 0.717) is 5.92 Å². The molecule has 0 amide bonds. The molecule has 0 spiro atoms. The molecule has 0 saturated carbocycles. The maximum absolute atomic E-state index is 3.75. The molecule has 0 aliphatic carbocycles. The van der Waals surface area contributed by atoms with Crippen molar-refractivity contribution in [3.63, 3.8) is 0 Å². The van der Waals surface area contributed by atoms with Crippen LogP contribution in [0, 0.1) is 40.5 Å². The fourth-order valence-electron chi connectivity index (χ4n) is 0.144. The van der Waals surface area contributed by atoms with E-state index in [1.165, 1.54) is 0 Å². The van der Waals surface area contributed by atoms with Gasteiger partial charge in [-0.2, -0.15) is 13.8 Å². The quantitative estimate of drug-likeness (QED) is 0.548. The fourth-order valence-corrected chi connectivity index (χ4v) is 0.144. The summed E-state index contributed by atoms with van der Waals surface area (Å²) in [6.07, 6.45) is 3.81. The zero-order chi connectivity index (χ0) is 7.70. The molecule has 0 bridgehead atoms. The van der Waals surface area contributed by atoms with E-state index in [0.717, 1.165) is 12.8 Å². The molecule has 0 aromatic heterocycles. The molecule has 13 heavy (non-hydrogen) atoms. The van der Waals surface area contributed by atoms with Gasteiger partial charge in [0.1, 0.15) is 0 Å². The van der Waals surface area contributed by atoms with Crippen LogP contribution in [-0.2, 0) is 72.3 Å². The number of hydrogen-bond acceptors (Lipinski definition) is 0. The second-order valence-corrected chi connectivity index (χ2v) is 2.02. The van der Waals surface area contributed by atoms with Crippen LogP contribution in [0.3, 0.4) is 0 Å². The summed E-state index contributed by atoms with van der Waals surface area (Å²) in [6, 6.07) is 0. The summed E-state index contributed by atoms with van der Waals surface area (Å²) in [7, 11) is 0. The Labute approximate surface area is 138 Å². The van der Waals surface area contributed by atoms with Crippen molar-refractivity contribution in [2.45, 2.75) is 26.7 Å². The second kappa shape index (κ2) is 36.7. The summed E-state index contributed by atoms with van der Waals surface area (Å²) in [4.78, 5) is 0. The van der Waals surface area contributed by atoms with Crippen molar-refractivity contribution in [1.29, 1.82) is 0 Å². The predicted octanol–water partition coefficient (Wildman–Crippen LogP) is 3.56. The van der Waals surface area contributed by atoms with Crippen LogP contribution in [-0.4, -0.2) is 0 Å². The SMILES string of the molecule is C[CH-]C.[CH2-]CC([CH2-])C[CH2-].[CH3-].[V].[W+2].[Y]. The average molecular weight is 465 g/mol. The Morgan fingerprint density at radius 3 is 1.31 bits per heavy atom. The van der Waals surface area contributed by atoms with E-state index < -0.39 is 0 Å². The first-order chi connectivity index (χ1) is 4.22. The Kier molecular flexibility index (Phi) is 102. The minimum Gasteiger partial charge on any atom is -0.358 e. The van der Waals surface area contributed by atoms with Crippen molar-refractivity contribution >= 4 is 0 Å². The fraction of sp³-hybridized carbons (Fsp3) is 0.500. The Morgan fingerprint density at radius 2 is 1.31 bits per heavy atom. The Balaban J connectivity index is -0.0000000160. The molecule has 3 heteroatoms. The van der Waals surface area contributed by atoms with Gasteiger partial charge in [0.15, 0.2) is 0 Å². The molecule has 0 saturated heterocycles. The van der Waals surface area contributed by atoms with Gasteiger partial charge in [0.05, 0.1) is 0 Å². The van der Waals surface area contributed by atoms with E-state index in [2.05, 4.69) is 20.8 Å². The molecule has 0 atom stereocenters. The van der Waals surface area contributed by atoms with Crippen molar-refractivity contribution in [3.8, 4) is 0 Å². The van der Waals surface area contributed by atoms with Crippen molar-refractivity contribution in [2.75, 3.05) is 0 Å². The molecule has 0 fully saturated rings. The molecular weight excluding hydrogens is 444 g/mol. The van der Waals surface area contributed by atoms with E-state index in [1.54, 1.807) is 0 Å². The van der Waals surface area contributed by atoms with Crippen molar-refractivity contribution in [3.05, 3.63) is 34.6 Å². The van der Waals surface area contributed by atoms with E-state index in [4.69, 9.17) is 0 Å². The van der Waals surface area contributed by atoms with E-state index in [9.17, 15) is 0 Å². The van der Waals surface area contributed by atoms with Crippen LogP contribution < -0.4 is 0 Å². The van der Waals surface area contributed by atoms with Gasteiger partial charge in [0.2, 0.25) is 0 Å². The van der Waals surface area contributed by atoms with Crippen LogP contribution in [0.4, 0.5) is 0 Å². The van der Waals surface area contributed by atoms with Crippen LogP contribution in [0.5, 0.6) is 0 Å². The summed E-state index contributed by atoms with van der Waals surface area (Å²) in [5.41, 5.74) is 0. The molecule has 0 aromatic rings. The minimum atomic E-state index is 0. The minimum absolute atomic E-state index is 0. The summed E-state index contributed by atoms with van der Waals surface area (Å²) < 4.78 is 0. The molecule has 0 rings (SSSR count). The van der Waals surface area contributed by atoms with Gasteiger partial charge in [0, 0.05) is 51.3 Å². The molecule has 0 aliphatic heterocycles. The zero-order valence-electron chi connectivity index (χ0n) is 9.12. The maximum atomic E-state index is 3.75. The van der Waals surface area contributed by atoms with Gasteiger partial charge < -0.3 is 34.6 Å². The van der Waals surface area contributed by atoms with Gasteiger partial charge in [-0.3, -0.25) is 0 Å². The van der Waals surface area contributed by atoms with Crippen LogP contribution in [0.2, 0.25) is 0 Å². The topological polar surface area (TPSA) is 0 Å². The van der Waals surface area contributed by atoms with Crippen LogP contribution >= 0.6 is 0 Å². The normalized spacial score (nSPS) is 6.00. The van der Waals surface area contributed by atoms with Gasteiger partial charge in [-0.25, -0.2) is 18.8 Å². The van der Waals surface area contributed by atoms with Crippen LogP contribution in [0.15, 0.2) is 0 Å². The average Bonchev–Trinajstić information content (AvgIpc) is 1.88.